The summed E-state index contributed by atoms with van der Waals surface area (Å²) in [4.78, 5) is 0. The van der Waals surface area contributed by atoms with Gasteiger partial charge in [-0.25, -0.2) is 4.58 Å². The van der Waals surface area contributed by atoms with Gasteiger partial charge in [-0.3, -0.25) is 0 Å². The predicted molar refractivity (Wildman–Crippen MR) is 84.8 cm³/mol. The monoisotopic (exact) mass is 264 g/mol. The average Bonchev–Trinajstić information content (AvgIpc) is 2.47. The minimum atomic E-state index is 0.444. The molecule has 2 atom stereocenters. The Morgan fingerprint density at radius 1 is 0.900 bits per heavy atom. The molecule has 0 aliphatic carbocycles. The Kier molecular flexibility index (Phi) is 3.43. The van der Waals surface area contributed by atoms with Crippen molar-refractivity contribution in [2.24, 2.45) is 0 Å². The lowest BCUT2D eigenvalue weighted by molar-refractivity contribution is -0.590. The summed E-state index contributed by atoms with van der Waals surface area (Å²) in [6.45, 7) is 6.87. The van der Waals surface area contributed by atoms with Crippen LogP contribution in [0, 0.1) is 0 Å². The first-order chi connectivity index (χ1) is 9.68. The summed E-state index contributed by atoms with van der Waals surface area (Å²) >= 11 is 0. The van der Waals surface area contributed by atoms with Gasteiger partial charge < -0.3 is 0 Å². The lowest BCUT2D eigenvalue weighted by Gasteiger charge is -2.29. The summed E-state index contributed by atoms with van der Waals surface area (Å²) < 4.78 is 2.49. The van der Waals surface area contributed by atoms with Gasteiger partial charge in [-0.15, -0.1) is 0 Å². The maximum absolute atomic E-state index is 2.49. The minimum absolute atomic E-state index is 0.444. The number of hydrogen-bond donors (Lipinski definition) is 0. The number of hydrogen-bond acceptors (Lipinski definition) is 0. The average molecular weight is 264 g/mol. The van der Waals surface area contributed by atoms with Crippen LogP contribution in [0.4, 0.5) is 0 Å². The van der Waals surface area contributed by atoms with Crippen molar-refractivity contribution in [3.8, 4) is 0 Å². The van der Waals surface area contributed by atoms with Crippen molar-refractivity contribution < 1.29 is 4.58 Å². The third-order valence-electron chi connectivity index (χ3n) is 4.33. The first kappa shape index (κ1) is 13.1. The molecule has 1 heterocycles. The molecular formula is C19H22N+. The van der Waals surface area contributed by atoms with E-state index >= 15 is 0 Å². The fraction of sp³-hybridized carbons (Fsp3) is 0.316. The quantitative estimate of drug-likeness (QED) is 0.720. The molecular weight excluding hydrogens is 242 g/mol. The Bertz CT molecular complexity index is 625. The van der Waals surface area contributed by atoms with Gasteiger partial charge in [0.15, 0.2) is 12.3 Å². The molecule has 0 N–H and O–H groups in total. The van der Waals surface area contributed by atoms with E-state index in [0.29, 0.717) is 18.0 Å². The smallest absolute Gasteiger partial charge is 0.171 e. The zero-order valence-corrected chi connectivity index (χ0v) is 12.5. The summed E-state index contributed by atoms with van der Waals surface area (Å²) in [7, 11) is 0. The molecule has 3 rings (SSSR count). The minimum Gasteiger partial charge on any atom is -0.230 e. The van der Waals surface area contributed by atoms with Gasteiger partial charge in [0, 0.05) is 5.56 Å². The van der Waals surface area contributed by atoms with Crippen LogP contribution >= 0.6 is 0 Å². The second-order valence-electron chi connectivity index (χ2n) is 5.93. The number of fused-ring (bicyclic) bond motifs is 1. The molecule has 102 valence electrons. The van der Waals surface area contributed by atoms with Gasteiger partial charge in [0.25, 0.3) is 0 Å². The SMILES string of the molecule is CC(C)[N+]1=Cc2ccccc2[C@H](c2ccccc2)[C@H]1C. The molecule has 0 fully saturated rings. The van der Waals surface area contributed by atoms with Crippen LogP contribution in [-0.2, 0) is 0 Å². The molecule has 2 aromatic rings. The molecule has 0 unspecified atom stereocenters. The molecule has 0 amide bonds. The molecule has 1 nitrogen and oxygen atoms in total. The Morgan fingerprint density at radius 2 is 1.55 bits per heavy atom. The van der Waals surface area contributed by atoms with Crippen LogP contribution in [0.2, 0.25) is 0 Å². The molecule has 1 aliphatic rings. The van der Waals surface area contributed by atoms with Crippen molar-refractivity contribution in [1.82, 2.24) is 0 Å². The van der Waals surface area contributed by atoms with Crippen LogP contribution in [0.25, 0.3) is 0 Å². The predicted octanol–water partition coefficient (Wildman–Crippen LogP) is 4.06. The lowest BCUT2D eigenvalue weighted by atomic mass is 9.81. The van der Waals surface area contributed by atoms with Crippen LogP contribution in [0.5, 0.6) is 0 Å². The highest BCUT2D eigenvalue weighted by Crippen LogP contribution is 2.34. The molecule has 0 saturated heterocycles. The van der Waals surface area contributed by atoms with E-state index in [1.807, 2.05) is 0 Å². The molecule has 0 radical (unpaired) electrons. The fourth-order valence-corrected chi connectivity index (χ4v) is 3.36. The first-order valence-electron chi connectivity index (χ1n) is 7.44. The van der Waals surface area contributed by atoms with Crippen molar-refractivity contribution in [2.45, 2.75) is 38.8 Å². The highest BCUT2D eigenvalue weighted by molar-refractivity contribution is 5.80. The van der Waals surface area contributed by atoms with Crippen LogP contribution < -0.4 is 0 Å². The number of rotatable bonds is 2. The summed E-state index contributed by atoms with van der Waals surface area (Å²) in [6.07, 6.45) is 2.32. The van der Waals surface area contributed by atoms with Gasteiger partial charge in [0.05, 0.1) is 5.92 Å². The molecule has 0 spiro atoms. The van der Waals surface area contributed by atoms with Gasteiger partial charge in [-0.05, 0) is 38.0 Å². The molecule has 0 saturated carbocycles. The van der Waals surface area contributed by atoms with Crippen LogP contribution in [0.15, 0.2) is 54.6 Å². The van der Waals surface area contributed by atoms with Gasteiger partial charge in [-0.1, -0.05) is 48.5 Å². The third-order valence-corrected chi connectivity index (χ3v) is 4.33. The number of nitrogens with zero attached hydrogens (tertiary/aromatic N) is 1. The van der Waals surface area contributed by atoms with Gasteiger partial charge in [-0.2, -0.15) is 0 Å². The van der Waals surface area contributed by atoms with Crippen LogP contribution in [-0.4, -0.2) is 22.9 Å². The van der Waals surface area contributed by atoms with E-state index < -0.39 is 0 Å². The molecule has 20 heavy (non-hydrogen) atoms. The second-order valence-corrected chi connectivity index (χ2v) is 5.93. The summed E-state index contributed by atoms with van der Waals surface area (Å²) in [5, 5.41) is 0. The highest BCUT2D eigenvalue weighted by atomic mass is 15.1. The zero-order chi connectivity index (χ0) is 14.1. The Balaban J connectivity index is 2.17. The van der Waals surface area contributed by atoms with E-state index in [1.165, 1.54) is 16.7 Å². The molecule has 0 bridgehead atoms. The highest BCUT2D eigenvalue weighted by Gasteiger charge is 2.35. The van der Waals surface area contributed by atoms with Gasteiger partial charge in [0.1, 0.15) is 6.04 Å². The summed E-state index contributed by atoms with van der Waals surface area (Å²) in [6, 6.07) is 20.7. The largest absolute Gasteiger partial charge is 0.230 e. The third kappa shape index (κ3) is 2.18. The molecule has 1 heteroatoms. The van der Waals surface area contributed by atoms with Crippen molar-refractivity contribution in [3.63, 3.8) is 0 Å². The molecule has 0 aromatic heterocycles. The van der Waals surface area contributed by atoms with Crippen LogP contribution in [0.3, 0.4) is 0 Å². The summed E-state index contributed by atoms with van der Waals surface area (Å²) in [5.74, 6) is 0.444. The van der Waals surface area contributed by atoms with Gasteiger partial charge in [0.2, 0.25) is 0 Å². The van der Waals surface area contributed by atoms with Crippen molar-refractivity contribution in [3.05, 3.63) is 71.3 Å². The Hall–Kier alpha value is -1.89. The van der Waals surface area contributed by atoms with E-state index in [9.17, 15) is 0 Å². The summed E-state index contributed by atoms with van der Waals surface area (Å²) in [5.41, 5.74) is 4.21. The first-order valence-corrected chi connectivity index (χ1v) is 7.44. The van der Waals surface area contributed by atoms with Crippen LogP contribution in [0.1, 0.15) is 43.4 Å². The van der Waals surface area contributed by atoms with E-state index in [2.05, 4.69) is 86.2 Å². The Morgan fingerprint density at radius 3 is 2.25 bits per heavy atom. The fourth-order valence-electron chi connectivity index (χ4n) is 3.36. The zero-order valence-electron chi connectivity index (χ0n) is 12.5. The maximum Gasteiger partial charge on any atom is 0.171 e. The maximum atomic E-state index is 2.49. The number of benzene rings is 2. The van der Waals surface area contributed by atoms with Crippen molar-refractivity contribution in [1.29, 1.82) is 0 Å². The normalized spacial score (nSPS) is 21.5. The lowest BCUT2D eigenvalue weighted by Crippen LogP contribution is -2.39. The standard InChI is InChI=1S/C19H22N/c1-14(2)20-13-17-11-7-8-12-18(17)19(15(20)3)16-9-5-4-6-10-16/h4-15,19H,1-3H3/q+1/t15-,19+/m1/s1. The van der Waals surface area contributed by atoms with Crippen molar-refractivity contribution in [2.75, 3.05) is 0 Å². The Labute approximate surface area is 121 Å². The van der Waals surface area contributed by atoms with Crippen molar-refractivity contribution >= 4 is 6.21 Å². The van der Waals surface area contributed by atoms with E-state index in [-0.39, 0.29) is 0 Å². The van der Waals surface area contributed by atoms with E-state index in [1.54, 1.807) is 0 Å². The topological polar surface area (TPSA) is 3.01 Å². The van der Waals surface area contributed by atoms with E-state index in [0.717, 1.165) is 0 Å². The molecule has 1 aliphatic heterocycles. The van der Waals surface area contributed by atoms with E-state index in [4.69, 9.17) is 0 Å². The molecule has 2 aromatic carbocycles. The van der Waals surface area contributed by atoms with Gasteiger partial charge >= 0.3 is 0 Å². The second kappa shape index (κ2) is 5.24.